The number of nitro groups is 1. The van der Waals surface area contributed by atoms with E-state index in [1.165, 1.54) is 35.1 Å². The van der Waals surface area contributed by atoms with Gasteiger partial charge in [-0.05, 0) is 56.7 Å². The van der Waals surface area contributed by atoms with Crippen LogP contribution in [-0.2, 0) is 16.1 Å². The van der Waals surface area contributed by atoms with E-state index in [0.29, 0.717) is 38.6 Å². The SMILES string of the molecule is CCOC(=O)C1=C(C)N=c2s/c(=C\c3c(C)n(Cc4ccc([N+](=O)[O-])cc4)c4ccccc34)c(=O)n2[C@@H]1c1cc(OC)ccc1OC. The third-order valence-electron chi connectivity index (χ3n) is 8.29. The van der Waals surface area contributed by atoms with Gasteiger partial charge in [0, 0.05) is 46.4 Å². The van der Waals surface area contributed by atoms with Gasteiger partial charge in [0.25, 0.3) is 11.2 Å². The predicted molar refractivity (Wildman–Crippen MR) is 179 cm³/mol. The summed E-state index contributed by atoms with van der Waals surface area (Å²) in [5, 5.41) is 12.1. The van der Waals surface area contributed by atoms with Gasteiger partial charge in [-0.1, -0.05) is 41.7 Å². The molecule has 3 heterocycles. The third-order valence-corrected chi connectivity index (χ3v) is 9.27. The van der Waals surface area contributed by atoms with Crippen molar-refractivity contribution in [1.29, 1.82) is 0 Å². The van der Waals surface area contributed by atoms with E-state index in [-0.39, 0.29) is 23.4 Å². The van der Waals surface area contributed by atoms with Gasteiger partial charge in [0.2, 0.25) is 0 Å². The Labute approximate surface area is 273 Å². The molecule has 0 bridgehead atoms. The second kappa shape index (κ2) is 12.7. The first kappa shape index (κ1) is 31.5. The number of para-hydroxylation sites is 1. The van der Waals surface area contributed by atoms with Crippen LogP contribution in [0.2, 0.25) is 0 Å². The molecule has 0 fully saturated rings. The van der Waals surface area contributed by atoms with Gasteiger partial charge in [0.15, 0.2) is 4.80 Å². The van der Waals surface area contributed by atoms with Gasteiger partial charge in [0.05, 0.1) is 41.6 Å². The van der Waals surface area contributed by atoms with Crippen LogP contribution < -0.4 is 24.4 Å². The van der Waals surface area contributed by atoms with Gasteiger partial charge in [-0.3, -0.25) is 19.5 Å². The minimum absolute atomic E-state index is 0.0325. The molecule has 0 amide bonds. The largest absolute Gasteiger partial charge is 0.497 e. The average molecular weight is 653 g/mol. The Kier molecular flexibility index (Phi) is 8.52. The van der Waals surface area contributed by atoms with Gasteiger partial charge in [-0.15, -0.1) is 0 Å². The summed E-state index contributed by atoms with van der Waals surface area (Å²) in [6, 6.07) is 18.8. The molecule has 2 aromatic heterocycles. The van der Waals surface area contributed by atoms with Crippen molar-refractivity contribution in [2.45, 2.75) is 33.4 Å². The molecule has 11 nitrogen and oxygen atoms in total. The van der Waals surface area contributed by atoms with Gasteiger partial charge in [0.1, 0.15) is 17.5 Å². The van der Waals surface area contributed by atoms with Crippen LogP contribution in [0.25, 0.3) is 17.0 Å². The highest BCUT2D eigenvalue weighted by molar-refractivity contribution is 7.07. The number of fused-ring (bicyclic) bond motifs is 2. The highest BCUT2D eigenvalue weighted by Crippen LogP contribution is 2.38. The van der Waals surface area contributed by atoms with E-state index < -0.39 is 16.9 Å². The fourth-order valence-corrected chi connectivity index (χ4v) is 7.05. The maximum Gasteiger partial charge on any atom is 0.338 e. The summed E-state index contributed by atoms with van der Waals surface area (Å²) in [6.45, 7) is 6.09. The minimum Gasteiger partial charge on any atom is -0.497 e. The molecule has 12 heteroatoms. The second-order valence-corrected chi connectivity index (χ2v) is 11.9. The zero-order valence-electron chi connectivity index (χ0n) is 26.5. The number of carbonyl (C=O) groups is 1. The summed E-state index contributed by atoms with van der Waals surface area (Å²) in [5.74, 6) is 0.451. The Balaban J connectivity index is 1.54. The lowest BCUT2D eigenvalue weighted by Crippen LogP contribution is -2.40. The number of hydrogen-bond acceptors (Lipinski definition) is 9. The number of ether oxygens (including phenoxy) is 3. The van der Waals surface area contributed by atoms with Crippen molar-refractivity contribution in [3.63, 3.8) is 0 Å². The number of carbonyl (C=O) groups excluding carboxylic acids is 1. The normalized spacial score (nSPS) is 14.6. The van der Waals surface area contributed by atoms with Crippen LogP contribution in [0.5, 0.6) is 11.5 Å². The van der Waals surface area contributed by atoms with Crippen LogP contribution in [-0.4, -0.2) is 40.9 Å². The van der Waals surface area contributed by atoms with Crippen LogP contribution >= 0.6 is 11.3 Å². The molecule has 0 spiro atoms. The molecule has 6 rings (SSSR count). The number of hydrogen-bond donors (Lipinski definition) is 0. The minimum atomic E-state index is -0.873. The molecule has 1 aliphatic heterocycles. The first-order valence-corrected chi connectivity index (χ1v) is 15.7. The molecular weight excluding hydrogens is 620 g/mol. The van der Waals surface area contributed by atoms with Crippen molar-refractivity contribution in [2.75, 3.05) is 20.8 Å². The zero-order chi connectivity index (χ0) is 33.4. The Hall–Kier alpha value is -5.49. The monoisotopic (exact) mass is 652 g/mol. The molecule has 47 heavy (non-hydrogen) atoms. The maximum absolute atomic E-state index is 14.4. The molecule has 240 valence electrons. The van der Waals surface area contributed by atoms with Crippen molar-refractivity contribution in [2.24, 2.45) is 4.99 Å². The smallest absolute Gasteiger partial charge is 0.338 e. The fourth-order valence-electron chi connectivity index (χ4n) is 6.02. The molecule has 0 unspecified atom stereocenters. The number of aromatic nitrogens is 2. The molecule has 3 aromatic carbocycles. The molecule has 5 aromatic rings. The Morgan fingerprint density at radius 1 is 1.06 bits per heavy atom. The highest BCUT2D eigenvalue weighted by atomic mass is 32.1. The molecule has 0 N–H and O–H groups in total. The van der Waals surface area contributed by atoms with Crippen LogP contribution in [0.1, 0.15) is 42.3 Å². The summed E-state index contributed by atoms with van der Waals surface area (Å²) in [4.78, 5) is 43.7. The van der Waals surface area contributed by atoms with Crippen LogP contribution in [0.3, 0.4) is 0 Å². The Morgan fingerprint density at radius 3 is 2.49 bits per heavy atom. The van der Waals surface area contributed by atoms with E-state index in [1.807, 2.05) is 37.3 Å². The molecule has 0 saturated heterocycles. The number of nitrogens with zero attached hydrogens (tertiary/aromatic N) is 4. The van der Waals surface area contributed by atoms with E-state index in [0.717, 1.165) is 27.7 Å². The fraction of sp³-hybridized carbons (Fsp3) is 0.229. The first-order valence-electron chi connectivity index (χ1n) is 14.9. The van der Waals surface area contributed by atoms with Gasteiger partial charge >= 0.3 is 5.97 Å². The van der Waals surface area contributed by atoms with Gasteiger partial charge in [-0.2, -0.15) is 0 Å². The maximum atomic E-state index is 14.4. The number of rotatable bonds is 9. The predicted octanol–water partition coefficient (Wildman–Crippen LogP) is 5.04. The van der Waals surface area contributed by atoms with Crippen LogP contribution in [0, 0.1) is 17.0 Å². The number of nitro benzene ring substituents is 1. The van der Waals surface area contributed by atoms with Crippen LogP contribution in [0.4, 0.5) is 5.69 Å². The van der Waals surface area contributed by atoms with Crippen molar-refractivity contribution in [1.82, 2.24) is 9.13 Å². The van der Waals surface area contributed by atoms with Gasteiger partial charge in [-0.25, -0.2) is 9.79 Å². The van der Waals surface area contributed by atoms with E-state index >= 15 is 0 Å². The lowest BCUT2D eigenvalue weighted by atomic mass is 9.94. The summed E-state index contributed by atoms with van der Waals surface area (Å²) < 4.78 is 20.7. The molecule has 1 atom stereocenters. The first-order chi connectivity index (χ1) is 22.7. The quantitative estimate of drug-likeness (QED) is 0.124. The average Bonchev–Trinajstić information content (AvgIpc) is 3.52. The van der Waals surface area contributed by atoms with Crippen molar-refractivity contribution >= 4 is 40.0 Å². The van der Waals surface area contributed by atoms with Crippen molar-refractivity contribution in [3.8, 4) is 11.5 Å². The molecule has 1 aliphatic rings. The Bertz CT molecular complexity index is 2260. The third kappa shape index (κ3) is 5.61. The number of thiazole rings is 1. The summed E-state index contributed by atoms with van der Waals surface area (Å²) >= 11 is 1.24. The number of benzene rings is 3. The molecular formula is C35H32N4O7S. The molecule has 0 aliphatic carbocycles. The van der Waals surface area contributed by atoms with E-state index in [1.54, 1.807) is 51.3 Å². The van der Waals surface area contributed by atoms with Crippen LogP contribution in [0.15, 0.2) is 87.8 Å². The van der Waals surface area contributed by atoms with Gasteiger partial charge < -0.3 is 18.8 Å². The lowest BCUT2D eigenvalue weighted by Gasteiger charge is -2.26. The zero-order valence-corrected chi connectivity index (χ0v) is 27.3. The Morgan fingerprint density at radius 2 is 1.81 bits per heavy atom. The molecule has 0 radical (unpaired) electrons. The summed E-state index contributed by atoms with van der Waals surface area (Å²) in [6.07, 6.45) is 1.87. The topological polar surface area (TPSA) is 127 Å². The standard InChI is InChI=1S/C35H32N4O7S/c1-6-46-34(41)31-20(2)36-35-38(32(31)27-17-24(44-4)15-16-29(27)45-5)33(40)30(47-35)18-26-21(3)37(28-10-8-7-9-25(26)28)19-22-11-13-23(14-12-22)39(42)43/h7-18,32H,6,19H2,1-5H3/b30-18-/t32-/m1/s1. The van der Waals surface area contributed by atoms with E-state index in [2.05, 4.69) is 4.57 Å². The number of non-ortho nitro benzene ring substituents is 1. The van der Waals surface area contributed by atoms with E-state index in [9.17, 15) is 19.7 Å². The molecule has 0 saturated carbocycles. The summed E-state index contributed by atoms with van der Waals surface area (Å²) in [5.41, 5.74) is 4.62. The van der Waals surface area contributed by atoms with E-state index in [4.69, 9.17) is 19.2 Å². The van der Waals surface area contributed by atoms with Crippen molar-refractivity contribution < 1.29 is 23.9 Å². The highest BCUT2D eigenvalue weighted by Gasteiger charge is 2.35. The van der Waals surface area contributed by atoms with Crippen molar-refractivity contribution in [3.05, 3.63) is 130 Å². The second-order valence-electron chi connectivity index (χ2n) is 10.9. The summed E-state index contributed by atoms with van der Waals surface area (Å²) in [7, 11) is 3.08. The number of methoxy groups -OCH3 is 2. The number of allylic oxidation sites excluding steroid dienone is 1. The number of esters is 1. The lowest BCUT2D eigenvalue weighted by molar-refractivity contribution is -0.384.